The number of anilines is 1. The third kappa shape index (κ3) is 3.15. The molecule has 1 saturated heterocycles. The number of carbonyl (C=O) groups is 1. The SMILES string of the molecule is CC(=O)C1CCCN(c2ccccc2S(C)(=O)=O)C1. The van der Waals surface area contributed by atoms with E-state index in [1.807, 2.05) is 17.0 Å². The quantitative estimate of drug-likeness (QED) is 0.849. The summed E-state index contributed by atoms with van der Waals surface area (Å²) in [5, 5.41) is 0. The first-order chi connectivity index (χ1) is 8.89. The number of sulfone groups is 1. The Bertz CT molecular complexity index is 580. The zero-order valence-corrected chi connectivity index (χ0v) is 12.1. The summed E-state index contributed by atoms with van der Waals surface area (Å²) in [7, 11) is -3.25. The molecule has 0 aliphatic carbocycles. The minimum atomic E-state index is -3.25. The zero-order chi connectivity index (χ0) is 14.0. The van der Waals surface area contributed by atoms with Crippen LogP contribution in [0.3, 0.4) is 0 Å². The first-order valence-corrected chi connectivity index (χ1v) is 8.33. The number of ketones is 1. The van der Waals surface area contributed by atoms with Crippen LogP contribution < -0.4 is 4.90 Å². The Hall–Kier alpha value is -1.36. The van der Waals surface area contributed by atoms with Gasteiger partial charge in [0.2, 0.25) is 0 Å². The highest BCUT2D eigenvalue weighted by molar-refractivity contribution is 7.90. The van der Waals surface area contributed by atoms with E-state index in [-0.39, 0.29) is 11.7 Å². The molecule has 1 aromatic rings. The lowest BCUT2D eigenvalue weighted by Gasteiger charge is -2.34. The van der Waals surface area contributed by atoms with Gasteiger partial charge in [-0.05, 0) is 31.9 Å². The predicted octanol–water partition coefficient (Wildman–Crippen LogP) is 1.90. The second kappa shape index (κ2) is 5.33. The van der Waals surface area contributed by atoms with E-state index >= 15 is 0 Å². The molecular weight excluding hydrogens is 262 g/mol. The molecule has 1 aliphatic rings. The summed E-state index contributed by atoms with van der Waals surface area (Å²) in [4.78, 5) is 13.9. The van der Waals surface area contributed by atoms with E-state index in [1.165, 1.54) is 6.26 Å². The van der Waals surface area contributed by atoms with Crippen LogP contribution in [0.1, 0.15) is 19.8 Å². The molecule has 0 aromatic heterocycles. The lowest BCUT2D eigenvalue weighted by Crippen LogP contribution is -2.38. The molecule has 0 spiro atoms. The number of benzene rings is 1. The standard InChI is InChI=1S/C14H19NO3S/c1-11(16)12-6-5-9-15(10-12)13-7-3-4-8-14(13)19(2,17)18/h3-4,7-8,12H,5-6,9-10H2,1-2H3. The molecule has 0 radical (unpaired) electrons. The van der Waals surface area contributed by atoms with Gasteiger partial charge in [-0.1, -0.05) is 12.1 Å². The molecule has 1 unspecified atom stereocenters. The average molecular weight is 281 g/mol. The van der Waals surface area contributed by atoms with E-state index in [1.54, 1.807) is 19.1 Å². The molecule has 2 rings (SSSR count). The number of hydrogen-bond acceptors (Lipinski definition) is 4. The number of nitrogens with zero attached hydrogens (tertiary/aromatic N) is 1. The first kappa shape index (κ1) is 14.1. The summed E-state index contributed by atoms with van der Waals surface area (Å²) in [6.45, 7) is 3.02. The van der Waals surface area contributed by atoms with Crippen molar-refractivity contribution in [1.29, 1.82) is 0 Å². The van der Waals surface area contributed by atoms with Gasteiger partial charge in [0.1, 0.15) is 5.78 Å². The smallest absolute Gasteiger partial charge is 0.177 e. The molecule has 1 fully saturated rings. The van der Waals surface area contributed by atoms with Gasteiger partial charge in [-0.3, -0.25) is 4.79 Å². The molecular formula is C14H19NO3S. The Balaban J connectivity index is 2.34. The molecule has 0 N–H and O–H groups in total. The van der Waals surface area contributed by atoms with Crippen LogP contribution in [0, 0.1) is 5.92 Å². The Morgan fingerprint density at radius 3 is 2.63 bits per heavy atom. The molecule has 1 atom stereocenters. The van der Waals surface area contributed by atoms with Gasteiger partial charge >= 0.3 is 0 Å². The number of hydrogen-bond donors (Lipinski definition) is 0. The summed E-state index contributed by atoms with van der Waals surface area (Å²) in [5.41, 5.74) is 0.718. The van der Waals surface area contributed by atoms with E-state index in [9.17, 15) is 13.2 Å². The van der Waals surface area contributed by atoms with Crippen molar-refractivity contribution < 1.29 is 13.2 Å². The van der Waals surface area contributed by atoms with Crippen molar-refractivity contribution in [2.45, 2.75) is 24.7 Å². The van der Waals surface area contributed by atoms with Gasteiger partial charge in [0.05, 0.1) is 10.6 Å². The number of carbonyl (C=O) groups excluding carboxylic acids is 1. The van der Waals surface area contributed by atoms with Gasteiger partial charge in [-0.25, -0.2) is 8.42 Å². The predicted molar refractivity (Wildman–Crippen MR) is 75.2 cm³/mol. The largest absolute Gasteiger partial charge is 0.370 e. The van der Waals surface area contributed by atoms with Gasteiger partial charge in [-0.15, -0.1) is 0 Å². The van der Waals surface area contributed by atoms with E-state index < -0.39 is 9.84 Å². The Morgan fingerprint density at radius 1 is 1.32 bits per heavy atom. The summed E-state index contributed by atoms with van der Waals surface area (Å²) < 4.78 is 23.6. The molecule has 5 heteroatoms. The fourth-order valence-corrected chi connectivity index (χ4v) is 3.46. The Morgan fingerprint density at radius 2 is 2.00 bits per heavy atom. The van der Waals surface area contributed by atoms with Crippen LogP contribution >= 0.6 is 0 Å². The van der Waals surface area contributed by atoms with E-state index in [0.29, 0.717) is 11.4 Å². The van der Waals surface area contributed by atoms with Gasteiger partial charge in [0.15, 0.2) is 9.84 Å². The van der Waals surface area contributed by atoms with Gasteiger partial charge in [-0.2, -0.15) is 0 Å². The first-order valence-electron chi connectivity index (χ1n) is 6.44. The monoisotopic (exact) mass is 281 g/mol. The summed E-state index contributed by atoms with van der Waals surface area (Å²) in [5.74, 6) is 0.197. The van der Waals surface area contributed by atoms with Gasteiger partial charge < -0.3 is 4.90 Å². The zero-order valence-electron chi connectivity index (χ0n) is 11.3. The second-order valence-corrected chi connectivity index (χ2v) is 7.12. The van der Waals surface area contributed by atoms with E-state index in [2.05, 4.69) is 0 Å². The van der Waals surface area contributed by atoms with Crippen molar-refractivity contribution in [2.75, 3.05) is 24.2 Å². The third-order valence-electron chi connectivity index (χ3n) is 3.60. The summed E-state index contributed by atoms with van der Waals surface area (Å²) in [6, 6.07) is 7.01. The number of piperidine rings is 1. The summed E-state index contributed by atoms with van der Waals surface area (Å²) >= 11 is 0. The average Bonchev–Trinajstić information content (AvgIpc) is 2.38. The topological polar surface area (TPSA) is 54.5 Å². The van der Waals surface area contributed by atoms with E-state index in [4.69, 9.17) is 0 Å². The third-order valence-corrected chi connectivity index (χ3v) is 4.75. The van der Waals surface area contributed by atoms with Crippen LogP contribution in [0.2, 0.25) is 0 Å². The van der Waals surface area contributed by atoms with Gasteiger partial charge in [0, 0.05) is 25.3 Å². The maximum atomic E-state index is 11.8. The van der Waals surface area contributed by atoms with Crippen LogP contribution in [0.5, 0.6) is 0 Å². The Labute approximate surface area is 114 Å². The van der Waals surface area contributed by atoms with Crippen molar-refractivity contribution in [1.82, 2.24) is 0 Å². The molecule has 4 nitrogen and oxygen atoms in total. The molecule has 0 bridgehead atoms. The molecule has 0 amide bonds. The van der Waals surface area contributed by atoms with Crippen molar-refractivity contribution in [3.05, 3.63) is 24.3 Å². The van der Waals surface area contributed by atoms with Crippen LogP contribution in [0.4, 0.5) is 5.69 Å². The molecule has 0 saturated carbocycles. The number of Topliss-reactive ketones (excluding diaryl/α,β-unsaturated/α-hetero) is 1. The maximum Gasteiger partial charge on any atom is 0.177 e. The normalized spacial score (nSPS) is 20.3. The lowest BCUT2D eigenvalue weighted by atomic mass is 9.94. The van der Waals surface area contributed by atoms with Crippen LogP contribution in [-0.2, 0) is 14.6 Å². The van der Waals surface area contributed by atoms with Crippen molar-refractivity contribution >= 4 is 21.3 Å². The molecule has 1 aromatic carbocycles. The highest BCUT2D eigenvalue weighted by Gasteiger charge is 2.26. The summed E-state index contributed by atoms with van der Waals surface area (Å²) in [6.07, 6.45) is 3.04. The molecule has 104 valence electrons. The van der Waals surface area contributed by atoms with Gasteiger partial charge in [0.25, 0.3) is 0 Å². The van der Waals surface area contributed by atoms with E-state index in [0.717, 1.165) is 25.1 Å². The molecule has 1 heterocycles. The van der Waals surface area contributed by atoms with Crippen molar-refractivity contribution in [3.63, 3.8) is 0 Å². The number of rotatable bonds is 3. The molecule has 19 heavy (non-hydrogen) atoms. The fourth-order valence-electron chi connectivity index (χ4n) is 2.56. The minimum Gasteiger partial charge on any atom is -0.370 e. The van der Waals surface area contributed by atoms with Crippen LogP contribution in [0.15, 0.2) is 29.2 Å². The fraction of sp³-hybridized carbons (Fsp3) is 0.500. The van der Waals surface area contributed by atoms with Crippen LogP contribution in [0.25, 0.3) is 0 Å². The second-order valence-electron chi connectivity index (χ2n) is 5.14. The minimum absolute atomic E-state index is 0.0152. The highest BCUT2D eigenvalue weighted by Crippen LogP contribution is 2.29. The maximum absolute atomic E-state index is 11.8. The van der Waals surface area contributed by atoms with Crippen molar-refractivity contribution in [3.8, 4) is 0 Å². The molecule has 1 aliphatic heterocycles. The van der Waals surface area contributed by atoms with Crippen LogP contribution in [-0.4, -0.2) is 33.5 Å². The van der Waals surface area contributed by atoms with Crippen molar-refractivity contribution in [2.24, 2.45) is 5.92 Å². The lowest BCUT2D eigenvalue weighted by molar-refractivity contribution is -0.120. The number of para-hydroxylation sites is 1. The highest BCUT2D eigenvalue weighted by atomic mass is 32.2. The Kier molecular flexibility index (Phi) is 3.94.